The van der Waals surface area contributed by atoms with Crippen molar-refractivity contribution in [2.45, 2.75) is 44.6 Å². The van der Waals surface area contributed by atoms with Crippen LogP contribution in [-0.2, 0) is 14.3 Å². The summed E-state index contributed by atoms with van der Waals surface area (Å²) < 4.78 is 17.6. The van der Waals surface area contributed by atoms with E-state index in [-0.39, 0.29) is 36.1 Å². The van der Waals surface area contributed by atoms with Crippen LogP contribution in [0.4, 0.5) is 4.39 Å². The number of carbonyl (C=O) groups excluding carboxylic acids is 2. The molecule has 0 saturated carbocycles. The third-order valence-electron chi connectivity index (χ3n) is 4.24. The fraction of sp³-hybridized carbons (Fsp3) is 0.529. The molecule has 1 aromatic rings. The highest BCUT2D eigenvalue weighted by atomic mass is 19.1. The zero-order valence-electron chi connectivity index (χ0n) is 13.0. The monoisotopic (exact) mass is 307 g/mol. The van der Waals surface area contributed by atoms with Crippen molar-refractivity contribution < 1.29 is 18.7 Å². The van der Waals surface area contributed by atoms with Gasteiger partial charge >= 0.3 is 5.97 Å². The minimum atomic E-state index is -0.286. The second-order valence-corrected chi connectivity index (χ2v) is 5.81. The van der Waals surface area contributed by atoms with Crippen molar-refractivity contribution in [3.8, 4) is 0 Å². The average Bonchev–Trinajstić information content (AvgIpc) is 2.89. The number of hydrogen-bond donors (Lipinski definition) is 0. The highest BCUT2D eigenvalue weighted by Gasteiger charge is 2.32. The van der Waals surface area contributed by atoms with Gasteiger partial charge in [0.2, 0.25) is 5.91 Å². The molecule has 5 heteroatoms. The average molecular weight is 307 g/mol. The number of halogens is 1. The second-order valence-electron chi connectivity index (χ2n) is 5.81. The summed E-state index contributed by atoms with van der Waals surface area (Å²) in [6.07, 6.45) is 2.02. The lowest BCUT2D eigenvalue weighted by Gasteiger charge is -2.21. The number of carbonyl (C=O) groups is 2. The van der Waals surface area contributed by atoms with Gasteiger partial charge in [-0.3, -0.25) is 9.59 Å². The third-order valence-corrected chi connectivity index (χ3v) is 4.24. The van der Waals surface area contributed by atoms with E-state index in [2.05, 4.69) is 4.74 Å². The maximum atomic E-state index is 13.0. The van der Waals surface area contributed by atoms with E-state index in [1.54, 1.807) is 12.1 Å². The smallest absolute Gasteiger partial charge is 0.305 e. The maximum Gasteiger partial charge on any atom is 0.305 e. The minimum absolute atomic E-state index is 0.0704. The van der Waals surface area contributed by atoms with Crippen molar-refractivity contribution in [3.05, 3.63) is 35.6 Å². The molecule has 2 rings (SSSR count). The van der Waals surface area contributed by atoms with Crippen molar-refractivity contribution in [2.24, 2.45) is 0 Å². The Balaban J connectivity index is 1.88. The Hall–Kier alpha value is -1.91. The van der Waals surface area contributed by atoms with Crippen LogP contribution in [0.25, 0.3) is 0 Å². The fourth-order valence-electron chi connectivity index (χ4n) is 2.98. The SMILES string of the molecule is COC(=O)CCCC(=O)N1C[C@@H](c2ccc(F)cc2)C[C@@H]1C. The number of ether oxygens (including phenoxy) is 1. The molecule has 1 heterocycles. The van der Waals surface area contributed by atoms with Crippen molar-refractivity contribution in [2.75, 3.05) is 13.7 Å². The van der Waals surface area contributed by atoms with Crippen LogP contribution < -0.4 is 0 Å². The Morgan fingerprint density at radius 1 is 1.27 bits per heavy atom. The van der Waals surface area contributed by atoms with Crippen molar-refractivity contribution in [1.29, 1.82) is 0 Å². The number of benzene rings is 1. The second kappa shape index (κ2) is 7.38. The quantitative estimate of drug-likeness (QED) is 0.786. The molecule has 1 fully saturated rings. The van der Waals surface area contributed by atoms with Crippen LogP contribution in [0.15, 0.2) is 24.3 Å². The van der Waals surface area contributed by atoms with E-state index in [4.69, 9.17) is 0 Å². The Morgan fingerprint density at radius 2 is 1.95 bits per heavy atom. The maximum absolute atomic E-state index is 13.0. The molecule has 0 spiro atoms. The standard InChI is InChI=1S/C17H22FNO3/c1-12-10-14(13-6-8-15(18)9-7-13)11-19(12)16(20)4-3-5-17(21)22-2/h6-9,12,14H,3-5,10-11H2,1-2H3/t12-,14-/m0/s1. The Kier molecular flexibility index (Phi) is 5.52. The van der Waals surface area contributed by atoms with Crippen LogP contribution in [0.3, 0.4) is 0 Å². The first-order valence-electron chi connectivity index (χ1n) is 7.63. The first-order chi connectivity index (χ1) is 10.5. The van der Waals surface area contributed by atoms with Crippen LogP contribution in [0, 0.1) is 5.82 Å². The first-order valence-corrected chi connectivity index (χ1v) is 7.63. The Bertz CT molecular complexity index is 529. The van der Waals surface area contributed by atoms with Crippen LogP contribution in [0.2, 0.25) is 0 Å². The number of nitrogens with zero attached hydrogens (tertiary/aromatic N) is 1. The van der Waals surface area contributed by atoms with E-state index in [1.807, 2.05) is 11.8 Å². The van der Waals surface area contributed by atoms with Gasteiger partial charge in [0.05, 0.1) is 7.11 Å². The highest BCUT2D eigenvalue weighted by molar-refractivity contribution is 5.78. The molecule has 0 bridgehead atoms. The van der Waals surface area contributed by atoms with Gasteiger partial charge in [-0.05, 0) is 37.5 Å². The molecule has 1 saturated heterocycles. The summed E-state index contributed by atoms with van der Waals surface area (Å²) in [4.78, 5) is 25.2. The van der Waals surface area contributed by atoms with E-state index >= 15 is 0 Å². The molecule has 1 aliphatic rings. The summed E-state index contributed by atoms with van der Waals surface area (Å²) >= 11 is 0. The van der Waals surface area contributed by atoms with E-state index in [9.17, 15) is 14.0 Å². The molecule has 0 N–H and O–H groups in total. The zero-order chi connectivity index (χ0) is 16.1. The normalized spacial score (nSPS) is 21.0. The zero-order valence-corrected chi connectivity index (χ0v) is 13.0. The molecule has 2 atom stereocenters. The summed E-state index contributed by atoms with van der Waals surface area (Å²) in [5, 5.41) is 0. The van der Waals surface area contributed by atoms with Crippen LogP contribution >= 0.6 is 0 Å². The van der Waals surface area contributed by atoms with Gasteiger partial charge in [-0.15, -0.1) is 0 Å². The minimum Gasteiger partial charge on any atom is -0.469 e. The van der Waals surface area contributed by atoms with Crippen molar-refractivity contribution in [3.63, 3.8) is 0 Å². The predicted molar refractivity (Wildman–Crippen MR) is 80.8 cm³/mol. The van der Waals surface area contributed by atoms with E-state index < -0.39 is 0 Å². The summed E-state index contributed by atoms with van der Waals surface area (Å²) in [6, 6.07) is 6.66. The summed E-state index contributed by atoms with van der Waals surface area (Å²) in [6.45, 7) is 2.69. The molecule has 0 aromatic heterocycles. The van der Waals surface area contributed by atoms with Gasteiger partial charge in [-0.1, -0.05) is 12.1 Å². The van der Waals surface area contributed by atoms with Crippen molar-refractivity contribution >= 4 is 11.9 Å². The lowest BCUT2D eigenvalue weighted by Crippen LogP contribution is -2.33. The molecule has 0 unspecified atom stereocenters. The molecule has 1 aliphatic heterocycles. The first kappa shape index (κ1) is 16.5. The Morgan fingerprint density at radius 3 is 2.59 bits per heavy atom. The molecule has 120 valence electrons. The lowest BCUT2D eigenvalue weighted by atomic mass is 9.97. The van der Waals surface area contributed by atoms with Crippen LogP contribution in [-0.4, -0.2) is 36.5 Å². The van der Waals surface area contributed by atoms with E-state index in [0.717, 1.165) is 12.0 Å². The number of esters is 1. The molecule has 4 nitrogen and oxygen atoms in total. The molecule has 22 heavy (non-hydrogen) atoms. The van der Waals surface area contributed by atoms with E-state index in [1.165, 1.54) is 19.2 Å². The summed E-state index contributed by atoms with van der Waals surface area (Å²) in [5.74, 6) is -0.210. The Labute approximate surface area is 130 Å². The number of hydrogen-bond acceptors (Lipinski definition) is 3. The van der Waals surface area contributed by atoms with Gasteiger partial charge in [0.25, 0.3) is 0 Å². The number of rotatable bonds is 5. The fourth-order valence-corrected chi connectivity index (χ4v) is 2.98. The molecule has 0 radical (unpaired) electrons. The third kappa shape index (κ3) is 4.06. The van der Waals surface area contributed by atoms with Crippen molar-refractivity contribution in [1.82, 2.24) is 4.90 Å². The van der Waals surface area contributed by atoms with Crippen LogP contribution in [0.1, 0.15) is 44.1 Å². The van der Waals surface area contributed by atoms with Gasteiger partial charge < -0.3 is 9.64 Å². The topological polar surface area (TPSA) is 46.6 Å². The molecule has 1 aromatic carbocycles. The van der Waals surface area contributed by atoms with Crippen LogP contribution in [0.5, 0.6) is 0 Å². The number of methoxy groups -OCH3 is 1. The highest BCUT2D eigenvalue weighted by Crippen LogP contribution is 2.32. The van der Waals surface area contributed by atoms with Gasteiger partial charge in [0.1, 0.15) is 5.82 Å². The number of amides is 1. The van der Waals surface area contributed by atoms with Gasteiger partial charge in [0, 0.05) is 31.3 Å². The number of likely N-dealkylation sites (tertiary alicyclic amines) is 1. The molecular weight excluding hydrogens is 285 g/mol. The summed E-state index contributed by atoms with van der Waals surface area (Å²) in [5.41, 5.74) is 1.07. The van der Waals surface area contributed by atoms with E-state index in [0.29, 0.717) is 19.4 Å². The van der Waals surface area contributed by atoms with Gasteiger partial charge in [0.15, 0.2) is 0 Å². The molecule has 1 amide bonds. The van der Waals surface area contributed by atoms with Gasteiger partial charge in [-0.25, -0.2) is 4.39 Å². The lowest BCUT2D eigenvalue weighted by molar-refractivity contribution is -0.140. The molecule has 0 aliphatic carbocycles. The summed E-state index contributed by atoms with van der Waals surface area (Å²) in [7, 11) is 1.35. The van der Waals surface area contributed by atoms with Gasteiger partial charge in [-0.2, -0.15) is 0 Å². The predicted octanol–water partition coefficient (Wildman–Crippen LogP) is 2.87. The largest absolute Gasteiger partial charge is 0.469 e. The molecular formula is C17H22FNO3.